The molecule has 2 aromatic rings. The Kier molecular flexibility index (Phi) is 2.98. The van der Waals surface area contributed by atoms with E-state index < -0.39 is 32.4 Å². The maximum absolute atomic E-state index is 11.3. The number of ether oxygens (including phenoxy) is 1. The molecule has 2 unspecified atom stereocenters. The summed E-state index contributed by atoms with van der Waals surface area (Å²) in [5.41, 5.74) is 6.43. The van der Waals surface area contributed by atoms with E-state index in [4.69, 9.17) is 15.0 Å². The summed E-state index contributed by atoms with van der Waals surface area (Å²) in [5.74, 6) is 0.192. The summed E-state index contributed by atoms with van der Waals surface area (Å²) in [4.78, 5) is 23.3. The Morgan fingerprint density at radius 1 is 1.45 bits per heavy atom. The van der Waals surface area contributed by atoms with Crippen LogP contribution in [0, 0.1) is 0 Å². The molecule has 0 bridgehead atoms. The number of aromatic nitrogens is 4. The van der Waals surface area contributed by atoms with Crippen LogP contribution in [-0.4, -0.2) is 49.5 Å². The lowest BCUT2D eigenvalue weighted by atomic mass is 10.1. The third-order valence-corrected chi connectivity index (χ3v) is 4.59. The van der Waals surface area contributed by atoms with Crippen LogP contribution in [0.15, 0.2) is 12.7 Å². The van der Waals surface area contributed by atoms with Gasteiger partial charge in [0.2, 0.25) is 0 Å². The molecule has 4 rings (SSSR count). The zero-order valence-electron chi connectivity index (χ0n) is 11.0. The molecule has 2 fully saturated rings. The fraction of sp³-hybridized carbons (Fsp3) is 0.500. The predicted molar refractivity (Wildman–Crippen MR) is 68.1 cm³/mol. The van der Waals surface area contributed by atoms with Crippen LogP contribution in [-0.2, 0) is 18.3 Å². The summed E-state index contributed by atoms with van der Waals surface area (Å²) in [6.45, 7) is -0.219. The van der Waals surface area contributed by atoms with Crippen LogP contribution in [0.5, 0.6) is 0 Å². The molecule has 0 radical (unpaired) electrons. The molecule has 11 nitrogen and oxygen atoms in total. The number of hydrogen-bond acceptors (Lipinski definition) is 10. The minimum absolute atomic E-state index is 0.192. The minimum Gasteiger partial charge on any atom is -0.756 e. The van der Waals surface area contributed by atoms with E-state index >= 15 is 0 Å². The molecule has 2 saturated heterocycles. The van der Waals surface area contributed by atoms with E-state index in [1.54, 1.807) is 0 Å². The number of phosphoric acid groups is 1. The van der Waals surface area contributed by atoms with Crippen LogP contribution in [0.2, 0.25) is 0 Å². The maximum Gasteiger partial charge on any atom is 0.268 e. The topological polar surface area (TPSA) is 158 Å². The van der Waals surface area contributed by atoms with E-state index in [-0.39, 0.29) is 12.4 Å². The van der Waals surface area contributed by atoms with Crippen molar-refractivity contribution in [1.82, 2.24) is 19.5 Å². The Morgan fingerprint density at radius 2 is 2.27 bits per heavy atom. The van der Waals surface area contributed by atoms with Crippen LogP contribution in [0.3, 0.4) is 0 Å². The molecule has 2 aromatic heterocycles. The third kappa shape index (κ3) is 2.02. The van der Waals surface area contributed by atoms with Crippen molar-refractivity contribution in [3.63, 3.8) is 0 Å². The van der Waals surface area contributed by atoms with Crippen molar-refractivity contribution in [2.45, 2.75) is 24.5 Å². The monoisotopic (exact) mass is 328 g/mol. The molecular formula is C10H11N5O6P-. The SMILES string of the molecule is Nc1ncnc2c1ncn2[C@@H]1O[C@@H]2COP(=O)([O-])OC2[C@@H]1O. The lowest BCUT2D eigenvalue weighted by Crippen LogP contribution is -2.41. The fourth-order valence-electron chi connectivity index (χ4n) is 2.61. The number of nitrogen functional groups attached to an aromatic ring is 1. The first kappa shape index (κ1) is 14.0. The van der Waals surface area contributed by atoms with Gasteiger partial charge in [0.05, 0.1) is 12.9 Å². The van der Waals surface area contributed by atoms with Crippen molar-refractivity contribution in [3.05, 3.63) is 12.7 Å². The quantitative estimate of drug-likeness (QED) is 0.593. The molecule has 0 aromatic carbocycles. The number of fused-ring (bicyclic) bond motifs is 2. The molecule has 5 atom stereocenters. The summed E-state index contributed by atoms with van der Waals surface area (Å²) in [7, 11) is -4.41. The molecule has 3 N–H and O–H groups in total. The standard InChI is InChI=1S/C10H12N5O6P/c11-8-5-9(13-2-12-8)15(3-14-5)10-6(16)7-4(20-10)1-19-22(17,18)21-7/h2-4,6-7,10,16H,1H2,(H,17,18)(H2,11,12,13)/p-1/t4-,6+,7?,10-/m1/s1. The molecule has 2 aliphatic heterocycles. The van der Waals surface area contributed by atoms with Gasteiger partial charge in [0.25, 0.3) is 7.82 Å². The van der Waals surface area contributed by atoms with Crippen LogP contribution >= 0.6 is 7.82 Å². The van der Waals surface area contributed by atoms with Crippen molar-refractivity contribution in [2.24, 2.45) is 0 Å². The van der Waals surface area contributed by atoms with Gasteiger partial charge in [0, 0.05) is 0 Å². The second-order valence-corrected chi connectivity index (χ2v) is 6.32. The Morgan fingerprint density at radius 3 is 3.09 bits per heavy atom. The lowest BCUT2D eigenvalue weighted by molar-refractivity contribution is -0.245. The minimum atomic E-state index is -4.41. The zero-order valence-corrected chi connectivity index (χ0v) is 11.9. The van der Waals surface area contributed by atoms with E-state index in [2.05, 4.69) is 19.5 Å². The molecule has 22 heavy (non-hydrogen) atoms. The number of rotatable bonds is 1. The Hall–Kier alpha value is -1.62. The summed E-state index contributed by atoms with van der Waals surface area (Å²) >= 11 is 0. The van der Waals surface area contributed by atoms with E-state index in [1.807, 2.05) is 0 Å². The van der Waals surface area contributed by atoms with Gasteiger partial charge in [-0.05, 0) is 0 Å². The zero-order chi connectivity index (χ0) is 15.5. The van der Waals surface area contributed by atoms with E-state index in [1.165, 1.54) is 17.2 Å². The van der Waals surface area contributed by atoms with Crippen LogP contribution in [0.4, 0.5) is 5.82 Å². The van der Waals surface area contributed by atoms with Crippen LogP contribution in [0.25, 0.3) is 11.2 Å². The summed E-state index contributed by atoms with van der Waals surface area (Å²) in [6, 6.07) is 0. The number of nitrogens with zero attached hydrogens (tertiary/aromatic N) is 4. The molecule has 12 heteroatoms. The molecule has 0 aliphatic carbocycles. The van der Waals surface area contributed by atoms with Gasteiger partial charge in [-0.3, -0.25) is 9.13 Å². The van der Waals surface area contributed by atoms with Crippen molar-refractivity contribution < 1.29 is 28.3 Å². The summed E-state index contributed by atoms with van der Waals surface area (Å²) in [6.07, 6.45) is -1.26. The maximum atomic E-state index is 11.3. The lowest BCUT2D eigenvalue weighted by Gasteiger charge is -2.34. The van der Waals surface area contributed by atoms with Gasteiger partial charge in [-0.1, -0.05) is 0 Å². The Labute approximate surface area is 123 Å². The molecule has 118 valence electrons. The molecular weight excluding hydrogens is 317 g/mol. The highest BCUT2D eigenvalue weighted by Gasteiger charge is 2.50. The number of imidazole rings is 1. The van der Waals surface area contributed by atoms with Gasteiger partial charge < -0.3 is 29.5 Å². The summed E-state index contributed by atoms with van der Waals surface area (Å²) in [5, 5.41) is 10.3. The third-order valence-electron chi connectivity index (χ3n) is 3.62. The second-order valence-electron chi connectivity index (χ2n) is 4.95. The van der Waals surface area contributed by atoms with Gasteiger partial charge >= 0.3 is 0 Å². The van der Waals surface area contributed by atoms with Gasteiger partial charge in [-0.2, -0.15) is 0 Å². The van der Waals surface area contributed by atoms with Gasteiger partial charge in [0.1, 0.15) is 30.2 Å². The van der Waals surface area contributed by atoms with E-state index in [0.29, 0.717) is 11.2 Å². The van der Waals surface area contributed by atoms with Gasteiger partial charge in [-0.25, -0.2) is 15.0 Å². The van der Waals surface area contributed by atoms with Crippen molar-refractivity contribution >= 4 is 24.8 Å². The smallest absolute Gasteiger partial charge is 0.268 e. The number of aliphatic hydroxyl groups excluding tert-OH is 1. The molecule has 0 saturated carbocycles. The predicted octanol–water partition coefficient (Wildman–Crippen LogP) is -1.45. The Balaban J connectivity index is 1.71. The van der Waals surface area contributed by atoms with Crippen LogP contribution in [0.1, 0.15) is 6.23 Å². The number of aliphatic hydroxyl groups is 1. The van der Waals surface area contributed by atoms with Gasteiger partial charge in [0.15, 0.2) is 17.7 Å². The molecule has 0 amide bonds. The first-order valence-electron chi connectivity index (χ1n) is 6.37. The average Bonchev–Trinajstić information content (AvgIpc) is 3.01. The summed E-state index contributed by atoms with van der Waals surface area (Å²) < 4.78 is 27.8. The second kappa shape index (κ2) is 4.69. The van der Waals surface area contributed by atoms with Crippen LogP contribution < -0.4 is 10.6 Å². The van der Waals surface area contributed by atoms with Gasteiger partial charge in [-0.15, -0.1) is 0 Å². The molecule has 4 heterocycles. The van der Waals surface area contributed by atoms with E-state index in [0.717, 1.165) is 0 Å². The van der Waals surface area contributed by atoms with Crippen molar-refractivity contribution in [3.8, 4) is 0 Å². The number of anilines is 1. The van der Waals surface area contributed by atoms with E-state index in [9.17, 15) is 14.6 Å². The highest BCUT2D eigenvalue weighted by Crippen LogP contribution is 2.49. The molecule has 0 spiro atoms. The first-order valence-corrected chi connectivity index (χ1v) is 7.83. The first-order chi connectivity index (χ1) is 10.5. The Bertz CT molecular complexity index is 782. The highest BCUT2D eigenvalue weighted by atomic mass is 31.2. The fourth-order valence-corrected chi connectivity index (χ4v) is 3.56. The van der Waals surface area contributed by atoms with Crippen molar-refractivity contribution in [1.29, 1.82) is 0 Å². The number of hydrogen-bond donors (Lipinski definition) is 2. The highest BCUT2D eigenvalue weighted by molar-refractivity contribution is 7.45. The number of nitrogens with two attached hydrogens (primary N) is 1. The molecule has 2 aliphatic rings. The average molecular weight is 328 g/mol. The largest absolute Gasteiger partial charge is 0.756 e. The normalized spacial score (nSPS) is 38.3. The van der Waals surface area contributed by atoms with Crippen molar-refractivity contribution in [2.75, 3.05) is 12.3 Å². The number of phosphoric ester groups is 1.